The Morgan fingerprint density at radius 1 is 1.25 bits per heavy atom. The number of rotatable bonds is 10. The molecule has 6 N–H and O–H groups in total. The molecule has 0 saturated carbocycles. The van der Waals surface area contributed by atoms with Crippen LogP contribution in [-0.2, 0) is 21.7 Å². The monoisotopic (exact) mass is 519 g/mol. The molecule has 0 bridgehead atoms. The van der Waals surface area contributed by atoms with E-state index in [1.165, 1.54) is 13.8 Å². The summed E-state index contributed by atoms with van der Waals surface area (Å²) in [5.74, 6) is -2.01. The number of carbonyl (C=O) groups is 2. The summed E-state index contributed by atoms with van der Waals surface area (Å²) in [6.45, 7) is 7.11. The first-order valence-electron chi connectivity index (χ1n) is 11.5. The van der Waals surface area contributed by atoms with Gasteiger partial charge in [0.2, 0.25) is 11.8 Å². The molecule has 1 atom stereocenters. The Kier molecular flexibility index (Phi) is 8.70. The van der Waals surface area contributed by atoms with E-state index in [2.05, 4.69) is 20.9 Å². The zero-order valence-electron chi connectivity index (χ0n) is 20.6. The molecule has 0 radical (unpaired) electrons. The highest BCUT2D eigenvalue weighted by Gasteiger charge is 2.34. The summed E-state index contributed by atoms with van der Waals surface area (Å²) in [6.07, 6.45) is 0.0320. The highest BCUT2D eigenvalue weighted by molar-refractivity contribution is 8.03. The summed E-state index contributed by atoms with van der Waals surface area (Å²) < 4.78 is 29.8. The number of aromatic nitrogens is 1. The number of pyridine rings is 1. The minimum Gasteiger partial charge on any atom is -0.386 e. The van der Waals surface area contributed by atoms with Gasteiger partial charge in [-0.25, -0.2) is 13.8 Å². The maximum Gasteiger partial charge on any atom is 0.247 e. The minimum atomic E-state index is -1.41. The Morgan fingerprint density at radius 2 is 1.92 bits per heavy atom. The lowest BCUT2D eigenvalue weighted by Gasteiger charge is -2.20. The number of carbonyl (C=O) groups excluding carboxylic acids is 2. The largest absolute Gasteiger partial charge is 0.386 e. The number of anilines is 1. The Bertz CT molecular complexity index is 1160. The number of primary amides is 1. The van der Waals surface area contributed by atoms with Gasteiger partial charge in [0.25, 0.3) is 0 Å². The smallest absolute Gasteiger partial charge is 0.247 e. The number of amides is 2. The topological polar surface area (TPSA) is 129 Å². The van der Waals surface area contributed by atoms with Crippen molar-refractivity contribution in [3.63, 3.8) is 0 Å². The van der Waals surface area contributed by atoms with Crippen LogP contribution in [0.4, 0.5) is 14.6 Å². The maximum atomic E-state index is 14.9. The van der Waals surface area contributed by atoms with Crippen LogP contribution in [0.25, 0.3) is 0 Å². The molecule has 36 heavy (non-hydrogen) atoms. The second kappa shape index (κ2) is 11.4. The van der Waals surface area contributed by atoms with Crippen LogP contribution < -0.4 is 21.7 Å². The first-order valence-corrected chi connectivity index (χ1v) is 12.4. The number of hydrogen-bond acceptors (Lipinski definition) is 7. The van der Waals surface area contributed by atoms with Crippen LogP contribution in [0.3, 0.4) is 0 Å². The van der Waals surface area contributed by atoms with Crippen LogP contribution in [0, 0.1) is 11.6 Å². The van der Waals surface area contributed by atoms with Gasteiger partial charge < -0.3 is 26.8 Å². The number of nitrogens with two attached hydrogens (primary N) is 1. The molecule has 2 aromatic rings. The molecule has 2 heterocycles. The van der Waals surface area contributed by atoms with Gasteiger partial charge in [0.15, 0.2) is 0 Å². The lowest BCUT2D eigenvalue weighted by Crippen LogP contribution is -2.37. The lowest BCUT2D eigenvalue weighted by atomic mass is 9.94. The number of nitrogens with zero attached hydrogens (tertiary/aromatic N) is 1. The molecule has 0 fully saturated rings. The highest BCUT2D eigenvalue weighted by Crippen LogP contribution is 2.49. The molecular weight excluding hydrogens is 488 g/mol. The molecule has 0 saturated heterocycles. The Hall–Kier alpha value is -3.02. The molecule has 0 aliphatic carbocycles. The maximum absolute atomic E-state index is 14.9. The summed E-state index contributed by atoms with van der Waals surface area (Å²) >= 11 is 1.09. The van der Waals surface area contributed by atoms with Crippen molar-refractivity contribution in [2.24, 2.45) is 5.73 Å². The quantitative estimate of drug-likeness (QED) is 0.326. The van der Waals surface area contributed by atoms with Crippen LogP contribution in [-0.4, -0.2) is 34.5 Å². The van der Waals surface area contributed by atoms with Crippen LogP contribution in [0.2, 0.25) is 0 Å². The standard InChI is InChI=1S/C25H31F2N5O3S/c1-13(2)30-21(33)12-29-11-15-6-5-7-20(31-15)32-24-16(23(28)34)10-19(36-24)22-17(26)8-14(9-18(22)27)25(3,4)35/h5-9,13,19,29,35H,10-12H2,1-4H3,(H2,28,34)(H,30,33)(H,31,32). The van der Waals surface area contributed by atoms with Crippen molar-refractivity contribution in [2.75, 3.05) is 11.9 Å². The lowest BCUT2D eigenvalue weighted by molar-refractivity contribution is -0.120. The van der Waals surface area contributed by atoms with Gasteiger partial charge in [-0.3, -0.25) is 9.59 Å². The first kappa shape index (κ1) is 27.6. The fraction of sp³-hybridized carbons (Fsp3) is 0.400. The second-order valence-electron chi connectivity index (χ2n) is 9.36. The predicted octanol–water partition coefficient (Wildman–Crippen LogP) is 3.19. The van der Waals surface area contributed by atoms with Gasteiger partial charge in [-0.2, -0.15) is 0 Å². The average molecular weight is 520 g/mol. The van der Waals surface area contributed by atoms with E-state index < -0.39 is 28.4 Å². The molecule has 1 unspecified atom stereocenters. The summed E-state index contributed by atoms with van der Waals surface area (Å²) in [5.41, 5.74) is 4.94. The summed E-state index contributed by atoms with van der Waals surface area (Å²) in [6, 6.07) is 7.49. The highest BCUT2D eigenvalue weighted by atomic mass is 32.2. The number of hydrogen-bond donors (Lipinski definition) is 5. The molecule has 1 aromatic carbocycles. The van der Waals surface area contributed by atoms with Crippen molar-refractivity contribution < 1.29 is 23.5 Å². The Morgan fingerprint density at radius 3 is 2.50 bits per heavy atom. The SMILES string of the molecule is CC(C)NC(=O)CNCc1cccc(NC2=C(C(N)=O)CC(c3c(F)cc(C(C)(C)O)cc3F)S2)n1. The van der Waals surface area contributed by atoms with E-state index in [1.54, 1.807) is 18.2 Å². The van der Waals surface area contributed by atoms with Crippen molar-refractivity contribution in [2.45, 2.75) is 57.6 Å². The van der Waals surface area contributed by atoms with Crippen molar-refractivity contribution in [3.8, 4) is 0 Å². The van der Waals surface area contributed by atoms with E-state index in [4.69, 9.17) is 5.73 Å². The van der Waals surface area contributed by atoms with E-state index in [-0.39, 0.29) is 41.6 Å². The van der Waals surface area contributed by atoms with Crippen molar-refractivity contribution in [1.82, 2.24) is 15.6 Å². The molecule has 3 rings (SSSR count). The van der Waals surface area contributed by atoms with Gasteiger partial charge >= 0.3 is 0 Å². The fourth-order valence-electron chi connectivity index (χ4n) is 3.70. The van der Waals surface area contributed by atoms with Crippen LogP contribution in [0.15, 0.2) is 40.9 Å². The van der Waals surface area contributed by atoms with E-state index in [0.717, 1.165) is 23.9 Å². The van der Waals surface area contributed by atoms with E-state index >= 15 is 0 Å². The van der Waals surface area contributed by atoms with Crippen LogP contribution in [0.5, 0.6) is 0 Å². The average Bonchev–Trinajstić information content (AvgIpc) is 3.15. The molecule has 1 aliphatic heterocycles. The normalized spacial score (nSPS) is 15.9. The van der Waals surface area contributed by atoms with Crippen LogP contribution in [0.1, 0.15) is 56.2 Å². The molecular formula is C25H31F2N5O3S. The van der Waals surface area contributed by atoms with Crippen LogP contribution >= 0.6 is 11.8 Å². The molecule has 8 nitrogen and oxygen atoms in total. The minimum absolute atomic E-state index is 0.0320. The molecule has 1 aromatic heterocycles. The molecule has 2 amide bonds. The zero-order chi connectivity index (χ0) is 26.6. The van der Waals surface area contributed by atoms with E-state index in [9.17, 15) is 23.5 Å². The second-order valence-corrected chi connectivity index (χ2v) is 10.6. The predicted molar refractivity (Wildman–Crippen MR) is 136 cm³/mol. The third-order valence-corrected chi connectivity index (χ3v) is 6.69. The van der Waals surface area contributed by atoms with Gasteiger partial charge in [0.1, 0.15) is 17.5 Å². The number of aliphatic hydroxyl groups is 1. The van der Waals surface area contributed by atoms with Crippen molar-refractivity contribution in [1.29, 1.82) is 0 Å². The molecule has 11 heteroatoms. The zero-order valence-corrected chi connectivity index (χ0v) is 21.4. The van der Waals surface area contributed by atoms with Gasteiger partial charge in [0, 0.05) is 29.0 Å². The third kappa shape index (κ3) is 7.02. The number of benzene rings is 1. The Balaban J connectivity index is 1.73. The van der Waals surface area contributed by atoms with Gasteiger partial charge in [0.05, 0.1) is 22.9 Å². The van der Waals surface area contributed by atoms with E-state index in [1.807, 2.05) is 13.8 Å². The number of nitrogens with one attached hydrogen (secondary N) is 3. The van der Waals surface area contributed by atoms with Crippen molar-refractivity contribution >= 4 is 29.4 Å². The molecule has 194 valence electrons. The van der Waals surface area contributed by atoms with E-state index in [0.29, 0.717) is 23.1 Å². The molecule has 1 aliphatic rings. The first-order chi connectivity index (χ1) is 16.8. The number of halogens is 2. The summed E-state index contributed by atoms with van der Waals surface area (Å²) in [7, 11) is 0. The van der Waals surface area contributed by atoms with Gasteiger partial charge in [-0.1, -0.05) is 17.8 Å². The van der Waals surface area contributed by atoms with Gasteiger partial charge in [-0.05, 0) is 63.9 Å². The fourth-order valence-corrected chi connectivity index (χ4v) is 5.06. The summed E-state index contributed by atoms with van der Waals surface area (Å²) in [4.78, 5) is 28.4. The Labute approximate surface area is 213 Å². The number of thioether (sulfide) groups is 1. The summed E-state index contributed by atoms with van der Waals surface area (Å²) in [5, 5.41) is 18.6. The van der Waals surface area contributed by atoms with Gasteiger partial charge in [-0.15, -0.1) is 0 Å². The van der Waals surface area contributed by atoms with Crippen molar-refractivity contribution in [3.05, 3.63) is 69.4 Å². The third-order valence-electron chi connectivity index (χ3n) is 5.42. The molecule has 0 spiro atoms.